The molecule has 3 rings (SSSR count). The largest absolute Gasteiger partial charge is 0.308 e. The zero-order chi connectivity index (χ0) is 13.3. The molecule has 1 unspecified atom stereocenters. The van der Waals surface area contributed by atoms with Crippen molar-refractivity contribution in [2.75, 3.05) is 0 Å². The average Bonchev–Trinajstić information content (AvgIpc) is 3.05. The Morgan fingerprint density at radius 3 is 2.74 bits per heavy atom. The highest BCUT2D eigenvalue weighted by molar-refractivity contribution is 5.01. The SMILES string of the molecule is CC1(C)CCCC1NCc1ccn(C2CCCC2)n1. The molecule has 2 aliphatic carbocycles. The average molecular weight is 261 g/mol. The fraction of sp³-hybridized carbons (Fsp3) is 0.812. The van der Waals surface area contributed by atoms with Crippen LogP contribution in [0.25, 0.3) is 0 Å². The van der Waals surface area contributed by atoms with Gasteiger partial charge in [0.15, 0.2) is 0 Å². The number of aromatic nitrogens is 2. The zero-order valence-corrected chi connectivity index (χ0v) is 12.4. The van der Waals surface area contributed by atoms with E-state index in [-0.39, 0.29) is 0 Å². The normalized spacial score (nSPS) is 27.2. The summed E-state index contributed by atoms with van der Waals surface area (Å²) in [4.78, 5) is 0. The molecule has 106 valence electrons. The molecule has 3 heteroatoms. The molecular weight excluding hydrogens is 234 g/mol. The van der Waals surface area contributed by atoms with Crippen molar-refractivity contribution < 1.29 is 0 Å². The minimum Gasteiger partial charge on any atom is -0.308 e. The van der Waals surface area contributed by atoms with Gasteiger partial charge >= 0.3 is 0 Å². The van der Waals surface area contributed by atoms with Crippen LogP contribution in [-0.4, -0.2) is 15.8 Å². The quantitative estimate of drug-likeness (QED) is 0.896. The predicted octanol–water partition coefficient (Wildman–Crippen LogP) is 3.67. The van der Waals surface area contributed by atoms with E-state index in [1.807, 2.05) is 0 Å². The second-order valence-corrected chi connectivity index (χ2v) is 7.04. The van der Waals surface area contributed by atoms with E-state index < -0.39 is 0 Å². The Bertz CT molecular complexity index is 415. The van der Waals surface area contributed by atoms with Crippen molar-refractivity contribution in [1.29, 1.82) is 0 Å². The fourth-order valence-electron chi connectivity index (χ4n) is 3.78. The lowest BCUT2D eigenvalue weighted by molar-refractivity contribution is 0.281. The van der Waals surface area contributed by atoms with Crippen molar-refractivity contribution in [3.05, 3.63) is 18.0 Å². The maximum Gasteiger partial charge on any atom is 0.0762 e. The van der Waals surface area contributed by atoms with Gasteiger partial charge in [-0.05, 0) is 37.2 Å². The first-order valence-corrected chi connectivity index (χ1v) is 7.92. The van der Waals surface area contributed by atoms with Crippen molar-refractivity contribution in [2.45, 2.75) is 77.4 Å². The Morgan fingerprint density at radius 1 is 1.26 bits per heavy atom. The molecule has 19 heavy (non-hydrogen) atoms. The van der Waals surface area contributed by atoms with E-state index in [4.69, 9.17) is 5.10 Å². The highest BCUT2D eigenvalue weighted by Gasteiger charge is 2.33. The molecule has 1 aromatic rings. The first-order chi connectivity index (χ1) is 9.15. The Morgan fingerprint density at radius 2 is 2.05 bits per heavy atom. The third-order valence-electron chi connectivity index (χ3n) is 5.15. The molecule has 0 bridgehead atoms. The van der Waals surface area contributed by atoms with Crippen LogP contribution in [0.2, 0.25) is 0 Å². The monoisotopic (exact) mass is 261 g/mol. The molecule has 0 amide bonds. The minimum absolute atomic E-state index is 0.452. The number of nitrogens with zero attached hydrogens (tertiary/aromatic N) is 2. The molecule has 1 N–H and O–H groups in total. The van der Waals surface area contributed by atoms with Gasteiger partial charge in [-0.15, -0.1) is 0 Å². The lowest BCUT2D eigenvalue weighted by atomic mass is 9.87. The van der Waals surface area contributed by atoms with Crippen LogP contribution in [-0.2, 0) is 6.54 Å². The number of nitrogens with one attached hydrogen (secondary N) is 1. The Balaban J connectivity index is 1.55. The molecule has 0 aliphatic heterocycles. The van der Waals surface area contributed by atoms with Crippen LogP contribution in [0.15, 0.2) is 12.3 Å². The van der Waals surface area contributed by atoms with Gasteiger partial charge in [0.05, 0.1) is 11.7 Å². The fourth-order valence-corrected chi connectivity index (χ4v) is 3.78. The van der Waals surface area contributed by atoms with Crippen molar-refractivity contribution >= 4 is 0 Å². The van der Waals surface area contributed by atoms with Crippen LogP contribution in [0.1, 0.15) is 70.5 Å². The van der Waals surface area contributed by atoms with Gasteiger partial charge in [-0.2, -0.15) is 5.10 Å². The van der Waals surface area contributed by atoms with E-state index in [0.717, 1.165) is 6.54 Å². The summed E-state index contributed by atoms with van der Waals surface area (Å²) >= 11 is 0. The topological polar surface area (TPSA) is 29.9 Å². The summed E-state index contributed by atoms with van der Waals surface area (Å²) in [5, 5.41) is 8.47. The van der Waals surface area contributed by atoms with Gasteiger partial charge < -0.3 is 5.32 Å². The molecule has 1 heterocycles. The van der Waals surface area contributed by atoms with Gasteiger partial charge in [0.25, 0.3) is 0 Å². The first kappa shape index (κ1) is 13.2. The smallest absolute Gasteiger partial charge is 0.0762 e. The third kappa shape index (κ3) is 2.86. The minimum atomic E-state index is 0.452. The number of hydrogen-bond donors (Lipinski definition) is 1. The van der Waals surface area contributed by atoms with Gasteiger partial charge in [0.2, 0.25) is 0 Å². The lowest BCUT2D eigenvalue weighted by Gasteiger charge is -2.27. The second-order valence-electron chi connectivity index (χ2n) is 7.04. The van der Waals surface area contributed by atoms with Crippen LogP contribution >= 0.6 is 0 Å². The van der Waals surface area contributed by atoms with Gasteiger partial charge in [0, 0.05) is 18.8 Å². The van der Waals surface area contributed by atoms with Crippen LogP contribution in [0.5, 0.6) is 0 Å². The summed E-state index contributed by atoms with van der Waals surface area (Å²) in [6.07, 6.45) is 11.6. The van der Waals surface area contributed by atoms with Crippen molar-refractivity contribution in [3.63, 3.8) is 0 Å². The lowest BCUT2D eigenvalue weighted by Crippen LogP contribution is -2.37. The van der Waals surface area contributed by atoms with E-state index in [9.17, 15) is 0 Å². The Hall–Kier alpha value is -0.830. The molecule has 1 aromatic heterocycles. The highest BCUT2D eigenvalue weighted by atomic mass is 15.3. The number of rotatable bonds is 4. The molecule has 0 saturated heterocycles. The Labute approximate surface area is 116 Å². The van der Waals surface area contributed by atoms with Gasteiger partial charge in [-0.1, -0.05) is 33.1 Å². The molecule has 2 fully saturated rings. The predicted molar refractivity (Wildman–Crippen MR) is 78.0 cm³/mol. The molecular formula is C16H27N3. The molecule has 0 aromatic carbocycles. The number of hydrogen-bond acceptors (Lipinski definition) is 2. The van der Waals surface area contributed by atoms with Crippen LogP contribution in [0, 0.1) is 5.41 Å². The molecule has 1 atom stereocenters. The highest BCUT2D eigenvalue weighted by Crippen LogP contribution is 2.37. The standard InChI is InChI=1S/C16H27N3/c1-16(2)10-5-8-15(16)17-12-13-9-11-19(18-13)14-6-3-4-7-14/h9,11,14-15,17H,3-8,10,12H2,1-2H3. The second kappa shape index (κ2) is 5.28. The van der Waals surface area contributed by atoms with Crippen LogP contribution in [0.3, 0.4) is 0 Å². The molecule has 0 spiro atoms. The van der Waals surface area contributed by atoms with Gasteiger partial charge in [0.1, 0.15) is 0 Å². The molecule has 0 radical (unpaired) electrons. The molecule has 2 aliphatic rings. The summed E-state index contributed by atoms with van der Waals surface area (Å²) in [6, 6.07) is 3.51. The summed E-state index contributed by atoms with van der Waals surface area (Å²) in [5.41, 5.74) is 1.66. The summed E-state index contributed by atoms with van der Waals surface area (Å²) in [7, 11) is 0. The maximum absolute atomic E-state index is 4.76. The van der Waals surface area contributed by atoms with Crippen molar-refractivity contribution in [1.82, 2.24) is 15.1 Å². The van der Waals surface area contributed by atoms with E-state index in [1.165, 1.54) is 50.6 Å². The van der Waals surface area contributed by atoms with E-state index in [1.54, 1.807) is 0 Å². The summed E-state index contributed by atoms with van der Waals surface area (Å²) in [6.45, 7) is 5.69. The summed E-state index contributed by atoms with van der Waals surface area (Å²) in [5.74, 6) is 0. The van der Waals surface area contributed by atoms with E-state index in [0.29, 0.717) is 17.5 Å². The van der Waals surface area contributed by atoms with Gasteiger partial charge in [-0.25, -0.2) is 0 Å². The zero-order valence-electron chi connectivity index (χ0n) is 12.4. The summed E-state index contributed by atoms with van der Waals surface area (Å²) < 4.78 is 2.20. The Kier molecular flexibility index (Phi) is 3.66. The van der Waals surface area contributed by atoms with Crippen LogP contribution < -0.4 is 5.32 Å². The van der Waals surface area contributed by atoms with Crippen molar-refractivity contribution in [2.24, 2.45) is 5.41 Å². The third-order valence-corrected chi connectivity index (χ3v) is 5.15. The van der Waals surface area contributed by atoms with Crippen molar-refractivity contribution in [3.8, 4) is 0 Å². The molecule has 2 saturated carbocycles. The molecule has 3 nitrogen and oxygen atoms in total. The van der Waals surface area contributed by atoms with Crippen LogP contribution in [0.4, 0.5) is 0 Å². The van der Waals surface area contributed by atoms with E-state index >= 15 is 0 Å². The van der Waals surface area contributed by atoms with Gasteiger partial charge in [-0.3, -0.25) is 4.68 Å². The maximum atomic E-state index is 4.76. The first-order valence-electron chi connectivity index (χ1n) is 7.92. The van der Waals surface area contributed by atoms with E-state index in [2.05, 4.69) is 36.1 Å².